The summed E-state index contributed by atoms with van der Waals surface area (Å²) in [5, 5.41) is 1.99. The molecule has 1 amide bonds. The van der Waals surface area contributed by atoms with Gasteiger partial charge in [0.15, 0.2) is 9.84 Å². The number of amides is 1. The molecule has 0 aliphatic carbocycles. The number of aromatic nitrogens is 1. The van der Waals surface area contributed by atoms with Gasteiger partial charge in [0, 0.05) is 18.8 Å². The molecule has 1 unspecified atom stereocenters. The number of carbonyl (C=O) groups excluding carboxylic acids is 1. The Morgan fingerprint density at radius 2 is 2.35 bits per heavy atom. The van der Waals surface area contributed by atoms with Gasteiger partial charge in [-0.1, -0.05) is 0 Å². The molecular weight excluding hydrogens is 247 g/mol. The third-order valence-corrected chi connectivity index (χ3v) is 5.12. The number of nitrogens with one attached hydrogen (secondary N) is 2. The van der Waals surface area contributed by atoms with Crippen LogP contribution in [-0.2, 0) is 9.84 Å². The lowest BCUT2D eigenvalue weighted by Crippen LogP contribution is -2.34. The van der Waals surface area contributed by atoms with Gasteiger partial charge in [-0.05, 0) is 12.8 Å². The Balaban J connectivity index is 1.93. The first kappa shape index (κ1) is 12.1. The van der Waals surface area contributed by atoms with E-state index < -0.39 is 26.8 Å². The van der Waals surface area contributed by atoms with Crippen LogP contribution in [0.15, 0.2) is 12.3 Å². The lowest BCUT2D eigenvalue weighted by atomic mass is 10.2. The van der Waals surface area contributed by atoms with Crippen molar-refractivity contribution in [3.8, 4) is 0 Å². The van der Waals surface area contributed by atoms with Gasteiger partial charge in [0.25, 0.3) is 5.91 Å². The summed E-state index contributed by atoms with van der Waals surface area (Å²) in [6, 6.07) is 1.07. The van der Waals surface area contributed by atoms with Gasteiger partial charge < -0.3 is 10.3 Å². The van der Waals surface area contributed by atoms with Gasteiger partial charge in [-0.15, -0.1) is 0 Å². The van der Waals surface area contributed by atoms with Crippen molar-refractivity contribution in [1.82, 2.24) is 10.3 Å². The number of aromatic amines is 1. The highest BCUT2D eigenvalue weighted by atomic mass is 32.2. The van der Waals surface area contributed by atoms with E-state index in [-0.39, 0.29) is 18.0 Å². The Kier molecular flexibility index (Phi) is 3.19. The van der Waals surface area contributed by atoms with Crippen molar-refractivity contribution in [2.75, 3.05) is 12.3 Å². The fourth-order valence-electron chi connectivity index (χ4n) is 1.89. The molecule has 0 aromatic carbocycles. The zero-order valence-corrected chi connectivity index (χ0v) is 9.89. The maximum atomic E-state index is 12.6. The van der Waals surface area contributed by atoms with Gasteiger partial charge >= 0.3 is 0 Å². The van der Waals surface area contributed by atoms with E-state index in [1.54, 1.807) is 0 Å². The van der Waals surface area contributed by atoms with Crippen molar-refractivity contribution >= 4 is 15.7 Å². The van der Waals surface area contributed by atoms with E-state index >= 15 is 0 Å². The van der Waals surface area contributed by atoms with E-state index in [0.29, 0.717) is 12.8 Å². The van der Waals surface area contributed by atoms with Crippen LogP contribution in [0.25, 0.3) is 0 Å². The average Bonchev–Trinajstić information content (AvgIpc) is 2.81. The summed E-state index contributed by atoms with van der Waals surface area (Å²) < 4.78 is 35.6. The van der Waals surface area contributed by atoms with E-state index in [1.807, 2.05) is 0 Å². The fraction of sp³-hybridized carbons (Fsp3) is 0.500. The summed E-state index contributed by atoms with van der Waals surface area (Å²) in [6.07, 6.45) is 2.28. The highest BCUT2D eigenvalue weighted by Gasteiger charge is 2.31. The number of carbonyl (C=O) groups is 1. The lowest BCUT2D eigenvalue weighted by Gasteiger charge is -2.09. The minimum Gasteiger partial charge on any atom is -0.355 e. The molecule has 0 radical (unpaired) electrons. The summed E-state index contributed by atoms with van der Waals surface area (Å²) in [7, 11) is -3.06. The van der Waals surface area contributed by atoms with Gasteiger partial charge in [0.05, 0.1) is 11.0 Å². The van der Waals surface area contributed by atoms with Gasteiger partial charge in [-0.25, -0.2) is 12.8 Å². The summed E-state index contributed by atoms with van der Waals surface area (Å²) in [5.74, 6) is -0.829. The van der Waals surface area contributed by atoms with Crippen LogP contribution >= 0.6 is 0 Å². The Hall–Kier alpha value is -1.37. The first-order chi connectivity index (χ1) is 7.99. The zero-order chi connectivity index (χ0) is 12.5. The molecule has 1 atom stereocenters. The number of halogens is 1. The molecule has 7 heteroatoms. The molecule has 2 N–H and O–H groups in total. The molecular formula is C10H13FN2O3S. The van der Waals surface area contributed by atoms with Crippen molar-refractivity contribution < 1.29 is 17.6 Å². The topological polar surface area (TPSA) is 79.0 Å². The highest BCUT2D eigenvalue weighted by molar-refractivity contribution is 7.92. The summed E-state index contributed by atoms with van der Waals surface area (Å²) in [4.78, 5) is 14.0. The van der Waals surface area contributed by atoms with Crippen LogP contribution in [0, 0.1) is 5.82 Å². The molecule has 1 aliphatic rings. The van der Waals surface area contributed by atoms with E-state index in [9.17, 15) is 17.6 Å². The largest absolute Gasteiger partial charge is 0.355 e. The molecule has 1 aliphatic heterocycles. The number of rotatable bonds is 3. The van der Waals surface area contributed by atoms with Crippen molar-refractivity contribution in [2.45, 2.75) is 18.1 Å². The van der Waals surface area contributed by atoms with Crippen molar-refractivity contribution in [2.24, 2.45) is 0 Å². The van der Waals surface area contributed by atoms with Crippen molar-refractivity contribution in [3.05, 3.63) is 23.8 Å². The SMILES string of the molecule is O=C(NCC1CCCS1(=O)=O)c1cc(F)c[nH]1. The lowest BCUT2D eigenvalue weighted by molar-refractivity contribution is 0.0949. The monoisotopic (exact) mass is 260 g/mol. The second-order valence-corrected chi connectivity index (χ2v) is 6.47. The maximum Gasteiger partial charge on any atom is 0.267 e. The van der Waals surface area contributed by atoms with Crippen LogP contribution < -0.4 is 5.32 Å². The quantitative estimate of drug-likeness (QED) is 0.828. The summed E-state index contributed by atoms with van der Waals surface area (Å²) >= 11 is 0. The van der Waals surface area contributed by atoms with Gasteiger partial charge in [-0.3, -0.25) is 4.79 Å². The molecule has 1 aromatic heterocycles. The first-order valence-corrected chi connectivity index (χ1v) is 7.04. The molecule has 5 nitrogen and oxygen atoms in total. The van der Waals surface area contributed by atoms with Crippen LogP contribution in [0.1, 0.15) is 23.3 Å². The third kappa shape index (κ3) is 2.66. The molecule has 1 fully saturated rings. The normalized spacial score (nSPS) is 22.5. The van der Waals surface area contributed by atoms with Gasteiger partial charge in [-0.2, -0.15) is 0 Å². The number of sulfone groups is 1. The van der Waals surface area contributed by atoms with Gasteiger partial charge in [0.2, 0.25) is 0 Å². The van der Waals surface area contributed by atoms with E-state index in [4.69, 9.17) is 0 Å². The predicted molar refractivity (Wildman–Crippen MR) is 59.9 cm³/mol. The molecule has 17 heavy (non-hydrogen) atoms. The first-order valence-electron chi connectivity index (χ1n) is 5.33. The minimum absolute atomic E-state index is 0.0851. The Labute approximate surface area is 98.3 Å². The number of hydrogen-bond acceptors (Lipinski definition) is 3. The Morgan fingerprint density at radius 1 is 1.59 bits per heavy atom. The van der Waals surface area contributed by atoms with Crippen LogP contribution in [0.3, 0.4) is 0 Å². The molecule has 1 saturated heterocycles. The smallest absolute Gasteiger partial charge is 0.267 e. The number of hydrogen-bond donors (Lipinski definition) is 2. The van der Waals surface area contributed by atoms with Gasteiger partial charge in [0.1, 0.15) is 11.5 Å². The predicted octanol–water partition coefficient (Wildman–Crippen LogP) is 0.461. The molecule has 94 valence electrons. The standard InChI is InChI=1S/C10H13FN2O3S/c11-7-4-9(12-5-7)10(14)13-6-8-2-1-3-17(8,15)16/h4-5,8,12H,1-3,6H2,(H,13,14). The third-order valence-electron chi connectivity index (χ3n) is 2.85. The second kappa shape index (κ2) is 4.48. The number of H-pyrrole nitrogens is 1. The molecule has 0 spiro atoms. The van der Waals surface area contributed by atoms with Crippen LogP contribution in [-0.4, -0.2) is 36.9 Å². The highest BCUT2D eigenvalue weighted by Crippen LogP contribution is 2.19. The Morgan fingerprint density at radius 3 is 2.88 bits per heavy atom. The van der Waals surface area contributed by atoms with Crippen LogP contribution in [0.5, 0.6) is 0 Å². The fourth-order valence-corrected chi connectivity index (χ4v) is 3.65. The van der Waals surface area contributed by atoms with Crippen LogP contribution in [0.4, 0.5) is 4.39 Å². The molecule has 0 bridgehead atoms. The Bertz CT molecular complexity index is 523. The van der Waals surface area contributed by atoms with Crippen LogP contribution in [0.2, 0.25) is 0 Å². The average molecular weight is 260 g/mol. The summed E-state index contributed by atoms with van der Waals surface area (Å²) in [6.45, 7) is 0.0851. The molecule has 1 aromatic rings. The van der Waals surface area contributed by atoms with E-state index in [1.165, 1.54) is 0 Å². The van der Waals surface area contributed by atoms with Crippen molar-refractivity contribution in [1.29, 1.82) is 0 Å². The molecule has 2 rings (SSSR count). The molecule has 2 heterocycles. The van der Waals surface area contributed by atoms with Crippen molar-refractivity contribution in [3.63, 3.8) is 0 Å². The minimum atomic E-state index is -3.06. The maximum absolute atomic E-state index is 12.6. The molecule has 0 saturated carbocycles. The van der Waals surface area contributed by atoms with E-state index in [0.717, 1.165) is 12.3 Å². The second-order valence-electron chi connectivity index (χ2n) is 4.07. The zero-order valence-electron chi connectivity index (χ0n) is 9.07. The van der Waals surface area contributed by atoms with E-state index in [2.05, 4.69) is 10.3 Å². The summed E-state index contributed by atoms with van der Waals surface area (Å²) in [5.41, 5.74) is 0.0953.